The first-order valence-electron chi connectivity index (χ1n) is 4.74. The standard InChI is InChI=1S/C11H11BrN2O3/c1-13(2)6-5-11(15)9-7-8(12)3-4-10(9)14(16)17/h3-7H,1-2H3/b6-5+. The fourth-order valence-corrected chi connectivity index (χ4v) is 1.53. The van der Waals surface area contributed by atoms with Gasteiger partial charge in [-0.15, -0.1) is 0 Å². The molecule has 0 atom stereocenters. The molecule has 0 amide bonds. The van der Waals surface area contributed by atoms with E-state index < -0.39 is 10.7 Å². The highest BCUT2D eigenvalue weighted by molar-refractivity contribution is 9.10. The summed E-state index contributed by atoms with van der Waals surface area (Å²) in [5, 5.41) is 10.8. The molecule has 1 aromatic rings. The number of allylic oxidation sites excluding steroid dienone is 1. The van der Waals surface area contributed by atoms with E-state index in [2.05, 4.69) is 15.9 Å². The quantitative estimate of drug-likeness (QED) is 0.371. The molecule has 0 saturated heterocycles. The van der Waals surface area contributed by atoms with Crippen molar-refractivity contribution in [2.75, 3.05) is 14.1 Å². The smallest absolute Gasteiger partial charge is 0.280 e. The molecular formula is C11H11BrN2O3. The summed E-state index contributed by atoms with van der Waals surface area (Å²) in [7, 11) is 3.53. The molecule has 0 radical (unpaired) electrons. The van der Waals surface area contributed by atoms with E-state index in [1.165, 1.54) is 24.3 Å². The maximum absolute atomic E-state index is 11.8. The molecular weight excluding hydrogens is 288 g/mol. The van der Waals surface area contributed by atoms with Crippen LogP contribution in [0.5, 0.6) is 0 Å². The molecule has 1 rings (SSSR count). The first-order chi connectivity index (χ1) is 7.91. The molecule has 0 N–H and O–H groups in total. The maximum atomic E-state index is 11.8. The van der Waals surface area contributed by atoms with Gasteiger partial charge in [-0.2, -0.15) is 0 Å². The number of hydrogen-bond donors (Lipinski definition) is 0. The van der Waals surface area contributed by atoms with Gasteiger partial charge in [0.1, 0.15) is 5.56 Å². The molecule has 0 unspecified atom stereocenters. The minimum atomic E-state index is -0.566. The van der Waals surface area contributed by atoms with Crippen LogP contribution < -0.4 is 0 Å². The number of carbonyl (C=O) groups excluding carboxylic acids is 1. The van der Waals surface area contributed by atoms with Crippen molar-refractivity contribution in [3.05, 3.63) is 50.6 Å². The van der Waals surface area contributed by atoms with Crippen molar-refractivity contribution in [3.63, 3.8) is 0 Å². The topological polar surface area (TPSA) is 63.5 Å². The number of nitro benzene ring substituents is 1. The van der Waals surface area contributed by atoms with Gasteiger partial charge in [0.15, 0.2) is 5.78 Å². The Balaban J connectivity index is 3.15. The fraction of sp³-hybridized carbons (Fsp3) is 0.182. The Morgan fingerprint density at radius 3 is 2.65 bits per heavy atom. The number of ketones is 1. The Morgan fingerprint density at radius 2 is 2.12 bits per heavy atom. The summed E-state index contributed by atoms with van der Waals surface area (Å²) in [6.45, 7) is 0. The zero-order valence-corrected chi connectivity index (χ0v) is 11.0. The summed E-state index contributed by atoms with van der Waals surface area (Å²) < 4.78 is 0.629. The normalized spacial score (nSPS) is 10.5. The van der Waals surface area contributed by atoms with Crippen molar-refractivity contribution in [2.45, 2.75) is 0 Å². The van der Waals surface area contributed by atoms with E-state index in [4.69, 9.17) is 0 Å². The molecule has 0 fully saturated rings. The van der Waals surface area contributed by atoms with Crippen LogP contribution in [-0.2, 0) is 0 Å². The van der Waals surface area contributed by atoms with E-state index in [9.17, 15) is 14.9 Å². The summed E-state index contributed by atoms with van der Waals surface area (Å²) >= 11 is 3.18. The van der Waals surface area contributed by atoms with Gasteiger partial charge in [0.2, 0.25) is 0 Å². The third kappa shape index (κ3) is 3.67. The Bertz CT molecular complexity index is 484. The third-order valence-corrected chi connectivity index (χ3v) is 2.44. The molecule has 0 saturated carbocycles. The van der Waals surface area contributed by atoms with Gasteiger partial charge >= 0.3 is 0 Å². The lowest BCUT2D eigenvalue weighted by atomic mass is 10.1. The highest BCUT2D eigenvalue weighted by atomic mass is 79.9. The molecule has 0 heterocycles. The van der Waals surface area contributed by atoms with E-state index in [0.29, 0.717) is 4.47 Å². The molecule has 5 nitrogen and oxygen atoms in total. The SMILES string of the molecule is CN(C)/C=C/C(=O)c1cc(Br)ccc1[N+](=O)[O-]. The monoisotopic (exact) mass is 298 g/mol. The van der Waals surface area contributed by atoms with Crippen molar-refractivity contribution in [1.29, 1.82) is 0 Å². The molecule has 90 valence electrons. The zero-order chi connectivity index (χ0) is 13.0. The number of rotatable bonds is 4. The van der Waals surface area contributed by atoms with Crippen LogP contribution >= 0.6 is 15.9 Å². The minimum Gasteiger partial charge on any atom is -0.383 e. The Hall–Kier alpha value is -1.69. The second-order valence-electron chi connectivity index (χ2n) is 3.56. The van der Waals surface area contributed by atoms with Crippen LogP contribution in [-0.4, -0.2) is 29.7 Å². The van der Waals surface area contributed by atoms with E-state index in [1.807, 2.05) is 0 Å². The van der Waals surface area contributed by atoms with Crippen molar-refractivity contribution in [3.8, 4) is 0 Å². The van der Waals surface area contributed by atoms with Crippen molar-refractivity contribution in [1.82, 2.24) is 4.90 Å². The summed E-state index contributed by atoms with van der Waals surface area (Å²) in [4.78, 5) is 23.7. The minimum absolute atomic E-state index is 0.0717. The molecule has 0 aliphatic heterocycles. The maximum Gasteiger partial charge on any atom is 0.280 e. The van der Waals surface area contributed by atoms with Crippen LogP contribution in [0.15, 0.2) is 34.9 Å². The van der Waals surface area contributed by atoms with Crippen LogP contribution in [0.25, 0.3) is 0 Å². The number of carbonyl (C=O) groups is 1. The highest BCUT2D eigenvalue weighted by Gasteiger charge is 2.18. The first kappa shape index (κ1) is 13.4. The first-order valence-corrected chi connectivity index (χ1v) is 5.54. The number of halogens is 1. The predicted molar refractivity (Wildman–Crippen MR) is 68.0 cm³/mol. The van der Waals surface area contributed by atoms with E-state index in [0.717, 1.165) is 0 Å². The number of hydrogen-bond acceptors (Lipinski definition) is 4. The predicted octanol–water partition coefficient (Wildman–Crippen LogP) is 2.62. The van der Waals surface area contributed by atoms with Crippen molar-refractivity contribution < 1.29 is 9.72 Å². The fourth-order valence-electron chi connectivity index (χ4n) is 1.17. The molecule has 0 aromatic heterocycles. The second kappa shape index (κ2) is 5.58. The van der Waals surface area contributed by atoms with Gasteiger partial charge in [-0.25, -0.2) is 0 Å². The van der Waals surface area contributed by atoms with Gasteiger partial charge in [-0.05, 0) is 12.1 Å². The van der Waals surface area contributed by atoms with Gasteiger partial charge in [0.05, 0.1) is 4.92 Å². The molecule has 6 heteroatoms. The molecule has 1 aromatic carbocycles. The summed E-state index contributed by atoms with van der Waals surface area (Å²) in [6, 6.07) is 4.28. The number of benzene rings is 1. The van der Waals surface area contributed by atoms with Crippen LogP contribution in [0.1, 0.15) is 10.4 Å². The van der Waals surface area contributed by atoms with Crippen molar-refractivity contribution in [2.24, 2.45) is 0 Å². The van der Waals surface area contributed by atoms with E-state index >= 15 is 0 Å². The summed E-state index contributed by atoms with van der Waals surface area (Å²) in [6.07, 6.45) is 2.85. The van der Waals surface area contributed by atoms with Crippen LogP contribution in [0, 0.1) is 10.1 Å². The van der Waals surface area contributed by atoms with Crippen LogP contribution in [0.4, 0.5) is 5.69 Å². The molecule has 0 spiro atoms. The van der Waals surface area contributed by atoms with Crippen LogP contribution in [0.2, 0.25) is 0 Å². The van der Waals surface area contributed by atoms with E-state index in [-0.39, 0.29) is 11.3 Å². The molecule has 0 bridgehead atoms. The van der Waals surface area contributed by atoms with Gasteiger partial charge in [0.25, 0.3) is 5.69 Å². The summed E-state index contributed by atoms with van der Waals surface area (Å²) in [5.41, 5.74) is -0.121. The number of nitro groups is 1. The largest absolute Gasteiger partial charge is 0.383 e. The second-order valence-corrected chi connectivity index (χ2v) is 4.48. The molecule has 17 heavy (non-hydrogen) atoms. The Kier molecular flexibility index (Phi) is 4.39. The van der Waals surface area contributed by atoms with Gasteiger partial charge < -0.3 is 4.90 Å². The average Bonchev–Trinajstić information content (AvgIpc) is 2.25. The summed E-state index contributed by atoms with van der Waals surface area (Å²) in [5.74, 6) is -0.397. The lowest BCUT2D eigenvalue weighted by molar-refractivity contribution is -0.385. The lowest BCUT2D eigenvalue weighted by Gasteiger charge is -2.03. The average molecular weight is 299 g/mol. The zero-order valence-electron chi connectivity index (χ0n) is 9.38. The molecule has 0 aliphatic rings. The van der Waals surface area contributed by atoms with Crippen molar-refractivity contribution >= 4 is 27.4 Å². The highest BCUT2D eigenvalue weighted by Crippen LogP contribution is 2.23. The Labute approximate surface area is 107 Å². The number of nitrogens with zero attached hydrogens (tertiary/aromatic N) is 2. The lowest BCUT2D eigenvalue weighted by Crippen LogP contribution is -2.05. The van der Waals surface area contributed by atoms with Gasteiger partial charge in [-0.1, -0.05) is 15.9 Å². The van der Waals surface area contributed by atoms with Gasteiger partial charge in [-0.3, -0.25) is 14.9 Å². The van der Waals surface area contributed by atoms with Gasteiger partial charge in [0, 0.05) is 36.9 Å². The third-order valence-electron chi connectivity index (χ3n) is 1.94. The van der Waals surface area contributed by atoms with E-state index in [1.54, 1.807) is 25.2 Å². The Morgan fingerprint density at radius 1 is 1.47 bits per heavy atom. The van der Waals surface area contributed by atoms with Crippen LogP contribution in [0.3, 0.4) is 0 Å². The molecule has 0 aliphatic carbocycles.